The lowest BCUT2D eigenvalue weighted by Gasteiger charge is -2.31. The van der Waals surface area contributed by atoms with E-state index in [0.717, 1.165) is 16.8 Å². The minimum absolute atomic E-state index is 0.0272. The largest absolute Gasteiger partial charge is 0.493 e. The number of carbonyl (C=O) groups excluding carboxylic acids is 2. The highest BCUT2D eigenvalue weighted by molar-refractivity contribution is 5.98. The molecule has 1 aliphatic heterocycles. The van der Waals surface area contributed by atoms with Crippen molar-refractivity contribution in [1.82, 2.24) is 5.32 Å². The Balaban J connectivity index is 1.50. The van der Waals surface area contributed by atoms with Crippen LogP contribution in [0.25, 0.3) is 0 Å². The third kappa shape index (κ3) is 6.18. The smallest absolute Gasteiger partial charge is 0.265 e. The van der Waals surface area contributed by atoms with Crippen LogP contribution in [0.4, 0.5) is 5.69 Å². The monoisotopic (exact) mass is 454 g/mol. The van der Waals surface area contributed by atoms with Crippen molar-refractivity contribution in [2.45, 2.75) is 45.4 Å². The highest BCUT2D eigenvalue weighted by Crippen LogP contribution is 2.36. The number of amides is 2. The van der Waals surface area contributed by atoms with Gasteiger partial charge in [-0.2, -0.15) is 0 Å². The van der Waals surface area contributed by atoms with Gasteiger partial charge in [-0.3, -0.25) is 9.59 Å². The fraction of sp³-hybridized carbons (Fsp3) is 0.462. The fourth-order valence-electron chi connectivity index (χ4n) is 3.78. The number of nitrogens with one attached hydrogen (secondary N) is 1. The molecule has 2 aromatic rings. The molecule has 0 saturated carbocycles. The molecule has 0 bridgehead atoms. The van der Waals surface area contributed by atoms with E-state index in [0.29, 0.717) is 49.6 Å². The van der Waals surface area contributed by atoms with Crippen molar-refractivity contribution < 1.29 is 23.8 Å². The van der Waals surface area contributed by atoms with E-state index >= 15 is 0 Å². The van der Waals surface area contributed by atoms with Gasteiger partial charge in [0.25, 0.3) is 5.91 Å². The Hall–Kier alpha value is -3.22. The van der Waals surface area contributed by atoms with Crippen molar-refractivity contribution in [2.24, 2.45) is 0 Å². The summed E-state index contributed by atoms with van der Waals surface area (Å²) >= 11 is 0. The van der Waals surface area contributed by atoms with E-state index in [-0.39, 0.29) is 23.8 Å². The van der Waals surface area contributed by atoms with Gasteiger partial charge in [-0.15, -0.1) is 0 Å². The van der Waals surface area contributed by atoms with Crippen LogP contribution in [0.5, 0.6) is 17.2 Å². The van der Waals surface area contributed by atoms with Crippen molar-refractivity contribution in [3.8, 4) is 17.2 Å². The molecule has 0 aliphatic carbocycles. The predicted molar refractivity (Wildman–Crippen MR) is 128 cm³/mol. The molecule has 0 aromatic heterocycles. The third-order valence-corrected chi connectivity index (χ3v) is 5.74. The molecule has 0 atom stereocenters. The van der Waals surface area contributed by atoms with Crippen LogP contribution in [0.2, 0.25) is 0 Å². The normalized spacial score (nSPS) is 13.2. The molecule has 0 fully saturated rings. The van der Waals surface area contributed by atoms with E-state index in [1.54, 1.807) is 19.1 Å². The summed E-state index contributed by atoms with van der Waals surface area (Å²) in [6.45, 7) is 7.44. The first-order valence-electron chi connectivity index (χ1n) is 11.3. The van der Waals surface area contributed by atoms with Gasteiger partial charge in [0.2, 0.25) is 5.91 Å². The maximum Gasteiger partial charge on any atom is 0.265 e. The first-order valence-corrected chi connectivity index (χ1v) is 11.3. The van der Waals surface area contributed by atoms with Crippen molar-refractivity contribution in [3.05, 3.63) is 47.5 Å². The van der Waals surface area contributed by atoms with Crippen LogP contribution in [0, 0.1) is 0 Å². The Morgan fingerprint density at radius 2 is 1.85 bits per heavy atom. The zero-order valence-corrected chi connectivity index (χ0v) is 20.2. The van der Waals surface area contributed by atoms with Gasteiger partial charge >= 0.3 is 0 Å². The molecule has 3 rings (SSSR count). The Morgan fingerprint density at radius 1 is 1.09 bits per heavy atom. The summed E-state index contributed by atoms with van der Waals surface area (Å²) in [5, 5.41) is 2.96. The average Bonchev–Trinajstić information content (AvgIpc) is 2.79. The van der Waals surface area contributed by atoms with E-state index in [2.05, 4.69) is 26.1 Å². The Bertz CT molecular complexity index is 997. The van der Waals surface area contributed by atoms with E-state index in [4.69, 9.17) is 14.2 Å². The lowest BCUT2D eigenvalue weighted by molar-refractivity contribution is -0.122. The first kappa shape index (κ1) is 24.4. The Morgan fingerprint density at radius 3 is 2.55 bits per heavy atom. The number of fused-ring (bicyclic) bond motifs is 1. The first-order chi connectivity index (χ1) is 15.7. The minimum atomic E-state index is -0.0811. The number of rotatable bonds is 9. The molecule has 7 heteroatoms. The summed E-state index contributed by atoms with van der Waals surface area (Å²) in [4.78, 5) is 26.6. The zero-order valence-electron chi connectivity index (χ0n) is 20.2. The Kier molecular flexibility index (Phi) is 7.84. The predicted octanol–water partition coefficient (Wildman–Crippen LogP) is 3.87. The maximum atomic E-state index is 12.5. The van der Waals surface area contributed by atoms with Crippen LogP contribution < -0.4 is 24.4 Å². The van der Waals surface area contributed by atoms with Gasteiger partial charge in [-0.25, -0.2) is 0 Å². The Labute approximate surface area is 196 Å². The summed E-state index contributed by atoms with van der Waals surface area (Å²) in [5.74, 6) is 1.95. The zero-order chi connectivity index (χ0) is 24.0. The van der Waals surface area contributed by atoms with Crippen LogP contribution >= 0.6 is 0 Å². The number of hydrogen-bond donors (Lipinski definition) is 1. The number of nitrogens with zero attached hydrogens (tertiary/aromatic N) is 1. The summed E-state index contributed by atoms with van der Waals surface area (Å²) in [6.07, 6.45) is 1.62. The van der Waals surface area contributed by atoms with Crippen LogP contribution in [0.15, 0.2) is 36.4 Å². The number of benzene rings is 2. The fourth-order valence-corrected chi connectivity index (χ4v) is 3.78. The van der Waals surface area contributed by atoms with E-state index in [1.807, 2.05) is 36.4 Å². The van der Waals surface area contributed by atoms with Gasteiger partial charge < -0.3 is 24.4 Å². The summed E-state index contributed by atoms with van der Waals surface area (Å²) in [6, 6.07) is 11.7. The van der Waals surface area contributed by atoms with Crippen LogP contribution in [0.1, 0.15) is 44.7 Å². The highest BCUT2D eigenvalue weighted by Gasteiger charge is 2.27. The number of methoxy groups -OCH3 is 2. The molecule has 7 nitrogen and oxygen atoms in total. The quantitative estimate of drug-likeness (QED) is 0.623. The lowest BCUT2D eigenvalue weighted by Crippen LogP contribution is -2.40. The van der Waals surface area contributed by atoms with E-state index in [1.165, 1.54) is 0 Å². The molecule has 178 valence electrons. The number of carbonyl (C=O) groups is 2. The molecule has 2 aromatic carbocycles. The lowest BCUT2D eigenvalue weighted by atomic mass is 9.86. The van der Waals surface area contributed by atoms with Gasteiger partial charge in [-0.05, 0) is 53.6 Å². The van der Waals surface area contributed by atoms with E-state index in [9.17, 15) is 9.59 Å². The van der Waals surface area contributed by atoms with Gasteiger partial charge in [0.1, 0.15) is 5.75 Å². The molecule has 1 N–H and O–H groups in total. The topological polar surface area (TPSA) is 77.1 Å². The van der Waals surface area contributed by atoms with Gasteiger partial charge in [0.05, 0.1) is 19.9 Å². The number of anilines is 1. The SMILES string of the molecule is COc1ccc(CCNC(=O)CCCN2C(=O)COc3ccc(C(C)(C)C)cc32)cc1OC. The second kappa shape index (κ2) is 10.6. The second-order valence-corrected chi connectivity index (χ2v) is 9.16. The summed E-state index contributed by atoms with van der Waals surface area (Å²) in [7, 11) is 3.20. The standard InChI is InChI=1S/C26H34N2O5/c1-26(2,3)19-9-11-21-20(16-19)28(25(30)17-33-21)14-6-7-24(29)27-13-12-18-8-10-22(31-4)23(15-18)32-5/h8-11,15-16H,6-7,12-14,17H2,1-5H3,(H,27,29). The molecule has 33 heavy (non-hydrogen) atoms. The van der Waals surface area contributed by atoms with Crippen molar-refractivity contribution in [2.75, 3.05) is 38.8 Å². The molecule has 1 heterocycles. The third-order valence-electron chi connectivity index (χ3n) is 5.74. The average molecular weight is 455 g/mol. The van der Waals surface area contributed by atoms with Crippen LogP contribution in [0.3, 0.4) is 0 Å². The molecule has 1 aliphatic rings. The molecule has 2 amide bonds. The molecule has 0 saturated heterocycles. The van der Waals surface area contributed by atoms with Crippen LogP contribution in [-0.4, -0.2) is 45.7 Å². The van der Waals surface area contributed by atoms with Crippen molar-refractivity contribution in [1.29, 1.82) is 0 Å². The molecule has 0 unspecified atom stereocenters. The van der Waals surface area contributed by atoms with Crippen molar-refractivity contribution >= 4 is 17.5 Å². The molecular weight excluding hydrogens is 420 g/mol. The summed E-state index contributed by atoms with van der Waals surface area (Å²) in [5.41, 5.74) is 2.94. The van der Waals surface area contributed by atoms with Gasteiger partial charge in [0, 0.05) is 19.5 Å². The molecule has 0 radical (unpaired) electrons. The number of hydrogen-bond acceptors (Lipinski definition) is 5. The summed E-state index contributed by atoms with van der Waals surface area (Å²) < 4.78 is 16.2. The number of ether oxygens (including phenoxy) is 3. The molecule has 0 spiro atoms. The maximum absolute atomic E-state index is 12.5. The molecular formula is C26H34N2O5. The van der Waals surface area contributed by atoms with Crippen LogP contribution in [-0.2, 0) is 21.4 Å². The van der Waals surface area contributed by atoms with Gasteiger partial charge in [-0.1, -0.05) is 32.9 Å². The second-order valence-electron chi connectivity index (χ2n) is 9.16. The van der Waals surface area contributed by atoms with Crippen molar-refractivity contribution in [3.63, 3.8) is 0 Å². The minimum Gasteiger partial charge on any atom is -0.493 e. The highest BCUT2D eigenvalue weighted by atomic mass is 16.5. The van der Waals surface area contributed by atoms with E-state index < -0.39 is 0 Å². The van der Waals surface area contributed by atoms with Gasteiger partial charge in [0.15, 0.2) is 18.1 Å².